The minimum absolute atomic E-state index is 0.0672. The fraction of sp³-hybridized carbons (Fsp3) is 0.0492. The quantitative estimate of drug-likeness (QED) is 0.161. The highest BCUT2D eigenvalue weighted by Crippen LogP contribution is 2.50. The highest BCUT2D eigenvalue weighted by molar-refractivity contribution is 6.10. The number of hydrogen-bond donors (Lipinski definition) is 0. The highest BCUT2D eigenvalue weighted by Gasteiger charge is 2.35. The minimum Gasteiger partial charge on any atom is -0.455 e. The van der Waals surface area contributed by atoms with Gasteiger partial charge in [0.2, 0.25) is 0 Å². The molecule has 3 heteroatoms. The van der Waals surface area contributed by atoms with Crippen molar-refractivity contribution in [3.8, 4) is 89.5 Å². The number of rotatable bonds is 7. The van der Waals surface area contributed by atoms with Crippen LogP contribution in [0.4, 0.5) is 0 Å². The zero-order valence-corrected chi connectivity index (χ0v) is 35.6. The van der Waals surface area contributed by atoms with E-state index in [2.05, 4.69) is 214 Å². The lowest BCUT2D eigenvalue weighted by molar-refractivity contribution is 0.660. The summed E-state index contributed by atoms with van der Waals surface area (Å²) in [5.41, 5.74) is 20.6. The average molecular weight is 819 g/mol. The Labute approximate surface area is 373 Å². The van der Waals surface area contributed by atoms with Crippen molar-refractivity contribution in [3.63, 3.8) is 0 Å². The summed E-state index contributed by atoms with van der Waals surface area (Å²) in [5, 5.41) is 2.20. The number of aromatic nitrogens is 2. The summed E-state index contributed by atoms with van der Waals surface area (Å²) in [4.78, 5) is 10.7. The fourth-order valence-corrected chi connectivity index (χ4v) is 9.88. The van der Waals surface area contributed by atoms with E-state index in [-0.39, 0.29) is 5.41 Å². The van der Waals surface area contributed by atoms with E-state index in [0.717, 1.165) is 89.0 Å². The summed E-state index contributed by atoms with van der Waals surface area (Å²) in [7, 11) is 0. The monoisotopic (exact) mass is 818 g/mol. The molecule has 302 valence electrons. The maximum Gasteiger partial charge on any atom is 0.160 e. The molecule has 0 spiro atoms. The standard InChI is InChI=1S/C61H42N2O/c1-61(2)54-29-13-11-24-49(54)53-37-43(31-32-55(53)61)47-23-9-10-25-50(47)57-38-56(62-60(63-57)40-19-7-4-8-20-40)46-35-44(42-22-15-21-41(33-42)39-17-5-3-6-18-39)34-45(36-46)48-27-16-28-52-51-26-12-14-30-58(51)64-59(48)52/h3-38H,1-2H3. The van der Waals surface area contributed by atoms with Crippen molar-refractivity contribution in [2.45, 2.75) is 19.3 Å². The molecule has 0 atom stereocenters. The van der Waals surface area contributed by atoms with Crippen LogP contribution in [0.2, 0.25) is 0 Å². The van der Waals surface area contributed by atoms with Gasteiger partial charge in [0.05, 0.1) is 11.4 Å². The van der Waals surface area contributed by atoms with Gasteiger partial charge >= 0.3 is 0 Å². The van der Waals surface area contributed by atoms with Gasteiger partial charge in [0.25, 0.3) is 0 Å². The van der Waals surface area contributed by atoms with Gasteiger partial charge in [0, 0.05) is 38.4 Å². The Morgan fingerprint density at radius 1 is 0.328 bits per heavy atom. The number of fused-ring (bicyclic) bond motifs is 6. The summed E-state index contributed by atoms with van der Waals surface area (Å²) in [6, 6.07) is 77.9. The van der Waals surface area contributed by atoms with Gasteiger partial charge < -0.3 is 4.42 Å². The van der Waals surface area contributed by atoms with Crippen LogP contribution < -0.4 is 0 Å². The van der Waals surface area contributed by atoms with Crippen LogP contribution in [-0.2, 0) is 5.41 Å². The second-order valence-electron chi connectivity index (χ2n) is 17.3. The predicted molar refractivity (Wildman–Crippen MR) is 265 cm³/mol. The molecular weight excluding hydrogens is 777 g/mol. The third-order valence-corrected chi connectivity index (χ3v) is 13.1. The number of benzene rings is 9. The SMILES string of the molecule is CC1(C)c2ccccc2-c2cc(-c3ccccc3-c3cc(-c4cc(-c5cccc(-c6ccccc6)c5)cc(-c5cccc6c5oc5ccccc56)c4)nc(-c4ccccc4)n3)ccc21. The topological polar surface area (TPSA) is 38.9 Å². The van der Waals surface area contributed by atoms with Crippen LogP contribution in [0.15, 0.2) is 223 Å². The number of nitrogens with zero attached hydrogens (tertiary/aromatic N) is 2. The van der Waals surface area contributed by atoms with Gasteiger partial charge in [-0.2, -0.15) is 0 Å². The van der Waals surface area contributed by atoms with E-state index in [1.807, 2.05) is 18.2 Å². The largest absolute Gasteiger partial charge is 0.455 e. The molecule has 0 N–H and O–H groups in total. The smallest absolute Gasteiger partial charge is 0.160 e. The third-order valence-electron chi connectivity index (χ3n) is 13.1. The van der Waals surface area contributed by atoms with Crippen LogP contribution in [-0.4, -0.2) is 9.97 Å². The summed E-state index contributed by atoms with van der Waals surface area (Å²) in [6.07, 6.45) is 0. The fourth-order valence-electron chi connectivity index (χ4n) is 9.88. The molecule has 9 aromatic carbocycles. The van der Waals surface area contributed by atoms with E-state index in [0.29, 0.717) is 5.82 Å². The second-order valence-corrected chi connectivity index (χ2v) is 17.3. The van der Waals surface area contributed by atoms with E-state index >= 15 is 0 Å². The van der Waals surface area contributed by atoms with Crippen LogP contribution >= 0.6 is 0 Å². The van der Waals surface area contributed by atoms with Crippen LogP contribution in [0, 0.1) is 0 Å². The molecule has 12 rings (SSSR count). The van der Waals surface area contributed by atoms with E-state index in [1.54, 1.807) is 0 Å². The van der Waals surface area contributed by atoms with Gasteiger partial charge in [0.15, 0.2) is 5.82 Å². The molecule has 0 unspecified atom stereocenters. The first kappa shape index (κ1) is 37.6. The molecule has 0 bridgehead atoms. The van der Waals surface area contributed by atoms with Crippen LogP contribution in [0.5, 0.6) is 0 Å². The van der Waals surface area contributed by atoms with Crippen LogP contribution in [0.25, 0.3) is 111 Å². The number of furan rings is 1. The van der Waals surface area contributed by atoms with Crippen molar-refractivity contribution in [1.29, 1.82) is 0 Å². The van der Waals surface area contributed by atoms with Crippen molar-refractivity contribution in [1.82, 2.24) is 9.97 Å². The van der Waals surface area contributed by atoms with E-state index in [9.17, 15) is 0 Å². The summed E-state index contributed by atoms with van der Waals surface area (Å²) in [6.45, 7) is 4.66. The van der Waals surface area contributed by atoms with Crippen molar-refractivity contribution < 1.29 is 4.42 Å². The molecule has 1 aliphatic carbocycles. The lowest BCUT2D eigenvalue weighted by atomic mass is 9.82. The van der Waals surface area contributed by atoms with Crippen molar-refractivity contribution in [2.75, 3.05) is 0 Å². The molecule has 3 nitrogen and oxygen atoms in total. The molecule has 0 saturated heterocycles. The second kappa shape index (κ2) is 15.0. The molecule has 0 aliphatic heterocycles. The number of hydrogen-bond acceptors (Lipinski definition) is 3. The molecule has 0 fully saturated rings. The zero-order valence-electron chi connectivity index (χ0n) is 35.6. The number of para-hydroxylation sites is 2. The van der Waals surface area contributed by atoms with Crippen molar-refractivity contribution in [2.24, 2.45) is 0 Å². The lowest BCUT2D eigenvalue weighted by Crippen LogP contribution is -2.14. The molecule has 1 aliphatic rings. The Balaban J connectivity index is 1.07. The molecular formula is C61H42N2O. The average Bonchev–Trinajstić information content (AvgIpc) is 3.86. The predicted octanol–water partition coefficient (Wildman–Crippen LogP) is 16.4. The Hall–Kier alpha value is -8.14. The Morgan fingerprint density at radius 2 is 0.891 bits per heavy atom. The normalized spacial score (nSPS) is 12.7. The Bertz CT molecular complexity index is 3580. The maximum absolute atomic E-state index is 6.65. The van der Waals surface area contributed by atoms with Gasteiger partial charge in [0.1, 0.15) is 11.2 Å². The van der Waals surface area contributed by atoms with Crippen LogP contribution in [0.1, 0.15) is 25.0 Å². The van der Waals surface area contributed by atoms with E-state index in [1.165, 1.54) is 27.8 Å². The van der Waals surface area contributed by atoms with Gasteiger partial charge in [-0.1, -0.05) is 190 Å². The molecule has 0 amide bonds. The summed E-state index contributed by atoms with van der Waals surface area (Å²) >= 11 is 0. The first-order valence-corrected chi connectivity index (χ1v) is 22.0. The van der Waals surface area contributed by atoms with Gasteiger partial charge in [-0.3, -0.25) is 0 Å². The first-order valence-electron chi connectivity index (χ1n) is 22.0. The van der Waals surface area contributed by atoms with Crippen molar-refractivity contribution in [3.05, 3.63) is 230 Å². The van der Waals surface area contributed by atoms with Crippen LogP contribution in [0.3, 0.4) is 0 Å². The summed E-state index contributed by atoms with van der Waals surface area (Å²) < 4.78 is 6.65. The molecule has 2 aromatic heterocycles. The van der Waals surface area contributed by atoms with E-state index < -0.39 is 0 Å². The lowest BCUT2D eigenvalue weighted by Gasteiger charge is -2.21. The Morgan fingerprint density at radius 3 is 1.72 bits per heavy atom. The van der Waals surface area contributed by atoms with Gasteiger partial charge in [-0.15, -0.1) is 0 Å². The van der Waals surface area contributed by atoms with E-state index in [4.69, 9.17) is 14.4 Å². The first-order chi connectivity index (χ1) is 31.5. The molecule has 2 heterocycles. The third kappa shape index (κ3) is 6.36. The molecule has 11 aromatic rings. The van der Waals surface area contributed by atoms with Gasteiger partial charge in [-0.05, 0) is 104 Å². The molecule has 0 saturated carbocycles. The van der Waals surface area contributed by atoms with Crippen molar-refractivity contribution >= 4 is 21.9 Å². The van der Waals surface area contributed by atoms with Gasteiger partial charge in [-0.25, -0.2) is 9.97 Å². The minimum atomic E-state index is -0.0672. The molecule has 64 heavy (non-hydrogen) atoms. The zero-order chi connectivity index (χ0) is 42.8. The summed E-state index contributed by atoms with van der Waals surface area (Å²) in [5.74, 6) is 0.671. The molecule has 0 radical (unpaired) electrons. The maximum atomic E-state index is 6.65. The highest BCUT2D eigenvalue weighted by atomic mass is 16.3. The Kier molecular flexibility index (Phi) is 8.84.